The maximum absolute atomic E-state index is 12.4. The third-order valence-corrected chi connectivity index (χ3v) is 3.68. The highest BCUT2D eigenvalue weighted by Gasteiger charge is 2.26. The summed E-state index contributed by atoms with van der Waals surface area (Å²) in [6.45, 7) is 5.47. The normalized spacial score (nSPS) is 12.2. The molecule has 1 N–H and O–H groups in total. The highest BCUT2D eigenvalue weighted by Crippen LogP contribution is 2.17. The molecule has 1 aromatic rings. The molecule has 1 atom stereocenters. The summed E-state index contributed by atoms with van der Waals surface area (Å²) in [6.07, 6.45) is 2.25. The summed E-state index contributed by atoms with van der Waals surface area (Å²) in [5, 5.41) is 12.9. The van der Waals surface area contributed by atoms with Gasteiger partial charge >= 0.3 is 5.97 Å². The highest BCUT2D eigenvalue weighted by molar-refractivity contribution is 7.08. The standard InChI is InChI=1S/C12H19N3O3S/c1-4-6-9-11(19-14-13-9)12(18)15(7-10(16)17)8(3)5-2/h8H,4-7H2,1-3H3,(H,16,17). The Labute approximate surface area is 116 Å². The van der Waals surface area contributed by atoms with E-state index in [0.29, 0.717) is 23.4 Å². The molecule has 0 spiro atoms. The number of nitrogens with zero attached hydrogens (tertiary/aromatic N) is 3. The largest absolute Gasteiger partial charge is 0.480 e. The highest BCUT2D eigenvalue weighted by atomic mass is 32.1. The van der Waals surface area contributed by atoms with E-state index in [1.807, 2.05) is 20.8 Å². The minimum Gasteiger partial charge on any atom is -0.480 e. The SMILES string of the molecule is CCCc1nnsc1C(=O)N(CC(=O)O)C(C)CC. The van der Waals surface area contributed by atoms with Crippen LogP contribution in [0.5, 0.6) is 0 Å². The van der Waals surface area contributed by atoms with Crippen molar-refractivity contribution >= 4 is 23.4 Å². The fourth-order valence-electron chi connectivity index (χ4n) is 1.70. The van der Waals surface area contributed by atoms with E-state index in [-0.39, 0.29) is 18.5 Å². The number of aryl methyl sites for hydroxylation is 1. The summed E-state index contributed by atoms with van der Waals surface area (Å²) in [6, 6.07) is -0.125. The minimum atomic E-state index is -1.01. The fraction of sp³-hybridized carbons (Fsp3) is 0.667. The van der Waals surface area contributed by atoms with Gasteiger partial charge in [0.1, 0.15) is 11.4 Å². The summed E-state index contributed by atoms with van der Waals surface area (Å²) in [7, 11) is 0. The van der Waals surface area contributed by atoms with Crippen molar-refractivity contribution in [3.8, 4) is 0 Å². The van der Waals surface area contributed by atoms with Gasteiger partial charge in [0.2, 0.25) is 0 Å². The lowest BCUT2D eigenvalue weighted by Crippen LogP contribution is -2.41. The summed E-state index contributed by atoms with van der Waals surface area (Å²) < 4.78 is 3.81. The Hall–Kier alpha value is -1.50. The third-order valence-electron chi connectivity index (χ3n) is 2.93. The number of carboxylic acid groups (broad SMARTS) is 1. The molecule has 6 nitrogen and oxygen atoms in total. The monoisotopic (exact) mass is 285 g/mol. The molecule has 106 valence electrons. The number of carbonyl (C=O) groups is 2. The van der Waals surface area contributed by atoms with Gasteiger partial charge in [0.15, 0.2) is 0 Å². The Bertz CT molecular complexity index is 447. The quantitative estimate of drug-likeness (QED) is 0.826. The summed E-state index contributed by atoms with van der Waals surface area (Å²) in [5.41, 5.74) is 0.663. The zero-order chi connectivity index (χ0) is 14.4. The van der Waals surface area contributed by atoms with Crippen LogP contribution in [-0.4, -0.2) is 44.1 Å². The molecule has 0 aliphatic rings. The molecule has 7 heteroatoms. The molecule has 0 aliphatic heterocycles. The third kappa shape index (κ3) is 3.99. The van der Waals surface area contributed by atoms with E-state index in [1.165, 1.54) is 4.90 Å². The Morgan fingerprint density at radius 3 is 2.63 bits per heavy atom. The summed E-state index contributed by atoms with van der Waals surface area (Å²) in [5.74, 6) is -1.29. The number of aliphatic carboxylic acids is 1. The van der Waals surface area contributed by atoms with Crippen LogP contribution in [0.2, 0.25) is 0 Å². The van der Waals surface area contributed by atoms with Crippen molar-refractivity contribution < 1.29 is 14.7 Å². The lowest BCUT2D eigenvalue weighted by molar-refractivity contribution is -0.138. The molecule has 1 heterocycles. The molecule has 0 aromatic carbocycles. The number of hydrogen-bond donors (Lipinski definition) is 1. The summed E-state index contributed by atoms with van der Waals surface area (Å²) >= 11 is 1.04. The van der Waals surface area contributed by atoms with Crippen LogP contribution in [0.3, 0.4) is 0 Å². The molecule has 0 saturated heterocycles. The molecule has 19 heavy (non-hydrogen) atoms. The van der Waals surface area contributed by atoms with Crippen molar-refractivity contribution in [3.63, 3.8) is 0 Å². The number of rotatable bonds is 7. The van der Waals surface area contributed by atoms with Crippen LogP contribution in [0.15, 0.2) is 0 Å². The van der Waals surface area contributed by atoms with Gasteiger partial charge in [-0.05, 0) is 31.3 Å². The summed E-state index contributed by atoms with van der Waals surface area (Å²) in [4.78, 5) is 25.2. The first kappa shape index (κ1) is 15.6. The second-order valence-electron chi connectivity index (χ2n) is 4.38. The molecule has 0 bridgehead atoms. The Morgan fingerprint density at radius 2 is 2.11 bits per heavy atom. The molecule has 1 aromatic heterocycles. The molecule has 1 amide bonds. The molecule has 0 saturated carbocycles. The zero-order valence-electron chi connectivity index (χ0n) is 11.4. The van der Waals surface area contributed by atoms with Gasteiger partial charge in [-0.15, -0.1) is 5.10 Å². The molecule has 1 unspecified atom stereocenters. The first-order valence-corrected chi connectivity index (χ1v) is 7.12. The number of hydrogen-bond acceptors (Lipinski definition) is 5. The van der Waals surface area contributed by atoms with Crippen LogP contribution < -0.4 is 0 Å². The van der Waals surface area contributed by atoms with E-state index < -0.39 is 5.97 Å². The van der Waals surface area contributed by atoms with E-state index in [4.69, 9.17) is 5.11 Å². The van der Waals surface area contributed by atoms with Gasteiger partial charge in [-0.25, -0.2) is 0 Å². The second-order valence-corrected chi connectivity index (χ2v) is 5.14. The zero-order valence-corrected chi connectivity index (χ0v) is 12.2. The van der Waals surface area contributed by atoms with E-state index in [1.54, 1.807) is 0 Å². The molecule has 0 aliphatic carbocycles. The number of carbonyl (C=O) groups excluding carboxylic acids is 1. The van der Waals surface area contributed by atoms with Gasteiger partial charge < -0.3 is 10.0 Å². The predicted octanol–water partition coefficient (Wildman–Crippen LogP) is 1.82. The van der Waals surface area contributed by atoms with Crippen LogP contribution in [0.4, 0.5) is 0 Å². The van der Waals surface area contributed by atoms with E-state index in [9.17, 15) is 9.59 Å². The van der Waals surface area contributed by atoms with Gasteiger partial charge in [-0.1, -0.05) is 24.8 Å². The van der Waals surface area contributed by atoms with Gasteiger partial charge in [-0.3, -0.25) is 9.59 Å². The van der Waals surface area contributed by atoms with E-state index >= 15 is 0 Å². The average Bonchev–Trinajstić information content (AvgIpc) is 2.82. The Morgan fingerprint density at radius 1 is 1.42 bits per heavy atom. The lowest BCUT2D eigenvalue weighted by Gasteiger charge is -2.26. The second kappa shape index (κ2) is 7.18. The molecular weight excluding hydrogens is 266 g/mol. The van der Waals surface area contributed by atoms with Crippen molar-refractivity contribution in [1.82, 2.24) is 14.5 Å². The minimum absolute atomic E-state index is 0.125. The van der Waals surface area contributed by atoms with Crippen molar-refractivity contribution in [2.75, 3.05) is 6.54 Å². The van der Waals surface area contributed by atoms with Crippen molar-refractivity contribution in [3.05, 3.63) is 10.6 Å². The van der Waals surface area contributed by atoms with Crippen LogP contribution in [0.25, 0.3) is 0 Å². The number of amides is 1. The molecule has 0 radical (unpaired) electrons. The van der Waals surface area contributed by atoms with Crippen molar-refractivity contribution in [2.45, 2.75) is 46.1 Å². The van der Waals surface area contributed by atoms with Crippen LogP contribution in [0.1, 0.15) is 49.0 Å². The predicted molar refractivity (Wildman–Crippen MR) is 72.3 cm³/mol. The maximum atomic E-state index is 12.4. The molecule has 0 fully saturated rings. The van der Waals surface area contributed by atoms with Crippen molar-refractivity contribution in [1.29, 1.82) is 0 Å². The molecule has 1 rings (SSSR count). The smallest absolute Gasteiger partial charge is 0.323 e. The van der Waals surface area contributed by atoms with E-state index in [2.05, 4.69) is 9.59 Å². The number of carboxylic acids is 1. The first-order valence-electron chi connectivity index (χ1n) is 6.35. The van der Waals surface area contributed by atoms with Crippen LogP contribution >= 0.6 is 11.5 Å². The van der Waals surface area contributed by atoms with Gasteiger partial charge in [0.25, 0.3) is 5.91 Å². The average molecular weight is 285 g/mol. The maximum Gasteiger partial charge on any atom is 0.323 e. The van der Waals surface area contributed by atoms with Crippen LogP contribution in [0, 0.1) is 0 Å². The van der Waals surface area contributed by atoms with E-state index in [0.717, 1.165) is 18.0 Å². The lowest BCUT2D eigenvalue weighted by atomic mass is 10.1. The fourth-order valence-corrected chi connectivity index (χ4v) is 2.36. The Balaban J connectivity index is 2.97. The first-order chi connectivity index (χ1) is 9.01. The van der Waals surface area contributed by atoms with Gasteiger partial charge in [0, 0.05) is 6.04 Å². The Kier molecular flexibility index (Phi) is 5.88. The van der Waals surface area contributed by atoms with Crippen molar-refractivity contribution in [2.24, 2.45) is 0 Å². The van der Waals surface area contributed by atoms with Crippen LogP contribution in [-0.2, 0) is 11.2 Å². The topological polar surface area (TPSA) is 83.4 Å². The van der Waals surface area contributed by atoms with Gasteiger partial charge in [0.05, 0.1) is 5.69 Å². The number of aromatic nitrogens is 2. The van der Waals surface area contributed by atoms with Gasteiger partial charge in [-0.2, -0.15) is 0 Å². The molecular formula is C12H19N3O3S.